The van der Waals surface area contributed by atoms with Gasteiger partial charge in [0, 0.05) is 12.6 Å². The predicted octanol–water partition coefficient (Wildman–Crippen LogP) is 2.14. The van der Waals surface area contributed by atoms with E-state index in [1.807, 2.05) is 20.8 Å². The molecule has 5 heteroatoms. The van der Waals surface area contributed by atoms with E-state index in [4.69, 9.17) is 10.5 Å². The van der Waals surface area contributed by atoms with Crippen molar-refractivity contribution in [3.63, 3.8) is 0 Å². The van der Waals surface area contributed by atoms with Gasteiger partial charge in [-0.1, -0.05) is 6.92 Å². The van der Waals surface area contributed by atoms with Gasteiger partial charge in [0.2, 0.25) is 5.91 Å². The molecule has 2 fully saturated rings. The minimum Gasteiger partial charge on any atom is -0.444 e. The molecule has 1 aliphatic heterocycles. The van der Waals surface area contributed by atoms with Crippen molar-refractivity contribution < 1.29 is 14.3 Å². The van der Waals surface area contributed by atoms with E-state index in [0.717, 1.165) is 19.3 Å². The lowest BCUT2D eigenvalue weighted by Gasteiger charge is -2.39. The Morgan fingerprint density at radius 3 is 2.30 bits per heavy atom. The third-order valence-corrected chi connectivity index (χ3v) is 4.32. The van der Waals surface area contributed by atoms with E-state index >= 15 is 0 Å². The molecule has 1 saturated carbocycles. The van der Waals surface area contributed by atoms with Crippen molar-refractivity contribution in [1.82, 2.24) is 4.90 Å². The van der Waals surface area contributed by atoms with Crippen LogP contribution < -0.4 is 5.73 Å². The summed E-state index contributed by atoms with van der Waals surface area (Å²) in [4.78, 5) is 25.5. The molecule has 0 spiro atoms. The fraction of sp³-hybridized carbons (Fsp3) is 0.867. The van der Waals surface area contributed by atoms with Crippen LogP contribution in [-0.2, 0) is 9.53 Å². The number of ether oxygens (including phenoxy) is 1. The lowest BCUT2D eigenvalue weighted by molar-refractivity contribution is -0.124. The molecule has 20 heavy (non-hydrogen) atoms. The second-order valence-electron chi connectivity index (χ2n) is 7.25. The molecule has 0 radical (unpaired) electrons. The first-order valence-corrected chi connectivity index (χ1v) is 7.48. The zero-order chi connectivity index (χ0) is 15.1. The molecule has 3 unspecified atom stereocenters. The van der Waals surface area contributed by atoms with Crippen molar-refractivity contribution >= 4 is 12.0 Å². The molecule has 2 amide bonds. The van der Waals surface area contributed by atoms with Crippen LogP contribution in [0.2, 0.25) is 0 Å². The highest BCUT2D eigenvalue weighted by Crippen LogP contribution is 2.46. The maximum Gasteiger partial charge on any atom is 0.410 e. The van der Waals surface area contributed by atoms with Crippen molar-refractivity contribution in [2.75, 3.05) is 6.54 Å². The van der Waals surface area contributed by atoms with E-state index in [1.165, 1.54) is 0 Å². The van der Waals surface area contributed by atoms with Crippen molar-refractivity contribution in [3.05, 3.63) is 0 Å². The van der Waals surface area contributed by atoms with Crippen LogP contribution in [0.15, 0.2) is 0 Å². The molecule has 1 aliphatic carbocycles. The first-order valence-electron chi connectivity index (χ1n) is 7.48. The van der Waals surface area contributed by atoms with Gasteiger partial charge < -0.3 is 15.4 Å². The molecule has 1 heterocycles. The number of piperidine rings is 1. The number of hydrogen-bond donors (Lipinski definition) is 1. The van der Waals surface area contributed by atoms with Gasteiger partial charge in [0.25, 0.3) is 0 Å². The fourth-order valence-electron chi connectivity index (χ4n) is 3.09. The Labute approximate surface area is 120 Å². The smallest absolute Gasteiger partial charge is 0.410 e. The molecular formula is C15H26N2O3. The van der Waals surface area contributed by atoms with Gasteiger partial charge in [0.15, 0.2) is 0 Å². The second kappa shape index (κ2) is 5.26. The Balaban J connectivity index is 2.09. The summed E-state index contributed by atoms with van der Waals surface area (Å²) < 4.78 is 5.48. The number of nitrogens with two attached hydrogens (primary N) is 1. The molecule has 2 rings (SSSR count). The molecule has 4 atom stereocenters. The molecule has 114 valence electrons. The zero-order valence-electron chi connectivity index (χ0n) is 12.9. The Hall–Kier alpha value is -1.26. The Kier molecular flexibility index (Phi) is 3.98. The van der Waals surface area contributed by atoms with Gasteiger partial charge in [-0.3, -0.25) is 4.79 Å². The monoisotopic (exact) mass is 282 g/mol. The molecule has 0 aromatic carbocycles. The molecule has 0 bridgehead atoms. The quantitative estimate of drug-likeness (QED) is 0.843. The van der Waals surface area contributed by atoms with Crippen LogP contribution >= 0.6 is 0 Å². The van der Waals surface area contributed by atoms with Crippen molar-refractivity contribution in [3.8, 4) is 0 Å². The third kappa shape index (κ3) is 3.44. The predicted molar refractivity (Wildman–Crippen MR) is 75.9 cm³/mol. The van der Waals surface area contributed by atoms with E-state index in [-0.39, 0.29) is 24.0 Å². The van der Waals surface area contributed by atoms with E-state index in [2.05, 4.69) is 6.92 Å². The van der Waals surface area contributed by atoms with Crippen LogP contribution in [0.25, 0.3) is 0 Å². The maximum atomic E-state index is 12.4. The summed E-state index contributed by atoms with van der Waals surface area (Å²) in [6.07, 6.45) is 2.47. The highest BCUT2D eigenvalue weighted by molar-refractivity contribution is 5.78. The molecule has 2 aliphatic rings. The number of carbonyl (C=O) groups excluding carboxylic acids is 2. The van der Waals surface area contributed by atoms with Gasteiger partial charge in [-0.15, -0.1) is 0 Å². The van der Waals surface area contributed by atoms with Gasteiger partial charge in [0.1, 0.15) is 5.60 Å². The summed E-state index contributed by atoms with van der Waals surface area (Å²) in [5.41, 5.74) is 4.89. The Morgan fingerprint density at radius 1 is 1.25 bits per heavy atom. The molecule has 2 N–H and O–H groups in total. The number of rotatable bonds is 2. The van der Waals surface area contributed by atoms with E-state index in [0.29, 0.717) is 18.4 Å². The number of likely N-dealkylation sites (tertiary alicyclic amines) is 1. The fourth-order valence-corrected chi connectivity index (χ4v) is 3.09. The molecule has 1 saturated heterocycles. The minimum absolute atomic E-state index is 0.204. The summed E-state index contributed by atoms with van der Waals surface area (Å²) in [6, 6.07) is 0.204. The Bertz CT molecular complexity index is 402. The normalized spacial score (nSPS) is 33.7. The highest BCUT2D eigenvalue weighted by Gasteiger charge is 2.47. The summed E-state index contributed by atoms with van der Waals surface area (Å²) >= 11 is 0. The van der Waals surface area contributed by atoms with Gasteiger partial charge in [0.05, 0.1) is 5.92 Å². The van der Waals surface area contributed by atoms with Gasteiger partial charge in [-0.05, 0) is 51.9 Å². The van der Waals surface area contributed by atoms with Crippen LogP contribution in [0.3, 0.4) is 0 Å². The van der Waals surface area contributed by atoms with Crippen LogP contribution in [0.4, 0.5) is 4.79 Å². The lowest BCUT2D eigenvalue weighted by Crippen LogP contribution is -2.52. The van der Waals surface area contributed by atoms with Crippen LogP contribution in [0, 0.1) is 17.8 Å². The number of nitrogens with zero attached hydrogens (tertiary/aromatic N) is 1. The summed E-state index contributed by atoms with van der Waals surface area (Å²) in [6.45, 7) is 8.18. The van der Waals surface area contributed by atoms with E-state index in [9.17, 15) is 9.59 Å². The first kappa shape index (κ1) is 15.1. The average Bonchev–Trinajstić information content (AvgIpc) is 3.03. The molecule has 0 aromatic rings. The second-order valence-corrected chi connectivity index (χ2v) is 7.25. The summed E-state index contributed by atoms with van der Waals surface area (Å²) in [5, 5.41) is 0. The maximum absolute atomic E-state index is 12.4. The number of carbonyl (C=O) groups is 2. The lowest BCUT2D eigenvalue weighted by atomic mass is 9.89. The number of hydrogen-bond acceptors (Lipinski definition) is 3. The van der Waals surface area contributed by atoms with Crippen LogP contribution in [0.5, 0.6) is 0 Å². The molecule has 0 aromatic heterocycles. The van der Waals surface area contributed by atoms with Crippen LogP contribution in [0.1, 0.15) is 47.0 Å². The van der Waals surface area contributed by atoms with Gasteiger partial charge >= 0.3 is 6.09 Å². The standard InChI is InChI=1S/C15H26N2O3/c1-9-7-11(9)12-6-5-10(13(16)18)8-17(12)14(19)20-15(2,3)4/h9-12H,5-8H2,1-4H3,(H2,16,18)/t9?,10?,11-,12?/m0/s1. The number of amides is 2. The van der Waals surface area contributed by atoms with Gasteiger partial charge in [-0.25, -0.2) is 4.79 Å². The Morgan fingerprint density at radius 2 is 1.85 bits per heavy atom. The highest BCUT2D eigenvalue weighted by atomic mass is 16.6. The van der Waals surface area contributed by atoms with Crippen molar-refractivity contribution in [2.45, 2.75) is 58.6 Å². The zero-order valence-corrected chi connectivity index (χ0v) is 12.9. The van der Waals surface area contributed by atoms with Crippen molar-refractivity contribution in [1.29, 1.82) is 0 Å². The summed E-state index contributed by atoms with van der Waals surface area (Å²) in [5.74, 6) is 0.653. The van der Waals surface area contributed by atoms with Crippen LogP contribution in [-0.4, -0.2) is 35.1 Å². The average molecular weight is 282 g/mol. The minimum atomic E-state index is -0.517. The van der Waals surface area contributed by atoms with E-state index in [1.54, 1.807) is 4.90 Å². The van der Waals surface area contributed by atoms with E-state index < -0.39 is 5.60 Å². The largest absolute Gasteiger partial charge is 0.444 e. The topological polar surface area (TPSA) is 72.6 Å². The summed E-state index contributed by atoms with van der Waals surface area (Å²) in [7, 11) is 0. The first-order chi connectivity index (χ1) is 9.19. The number of primary amides is 1. The molecule has 5 nitrogen and oxygen atoms in total. The van der Waals surface area contributed by atoms with Gasteiger partial charge in [-0.2, -0.15) is 0 Å². The SMILES string of the molecule is CC1C[C@@H]1C1CCC(C(N)=O)CN1C(=O)OC(C)(C)C. The van der Waals surface area contributed by atoms with Crippen molar-refractivity contribution in [2.24, 2.45) is 23.5 Å². The molecular weight excluding hydrogens is 256 g/mol. The third-order valence-electron chi connectivity index (χ3n) is 4.32.